The first-order valence-electron chi connectivity index (χ1n) is 10.3. The predicted octanol–water partition coefficient (Wildman–Crippen LogP) is 3.24. The molecule has 0 saturated heterocycles. The van der Waals surface area contributed by atoms with Gasteiger partial charge in [-0.05, 0) is 38.1 Å². The Labute approximate surface area is 194 Å². The van der Waals surface area contributed by atoms with Gasteiger partial charge in [-0.2, -0.15) is 0 Å². The third kappa shape index (κ3) is 6.42. The molecule has 2 aromatic carbocycles. The normalized spacial score (nSPS) is 15.6. The number of hydrogen-bond acceptors (Lipinski definition) is 8. The molecule has 0 fully saturated rings. The number of nitrogens with zero attached hydrogens (tertiary/aromatic N) is 1. The molecule has 1 heterocycles. The monoisotopic (exact) mass is 493 g/mol. The first-order valence-corrected chi connectivity index (χ1v) is 14.0. The lowest BCUT2D eigenvalue weighted by Gasteiger charge is -2.14. The van der Waals surface area contributed by atoms with Crippen molar-refractivity contribution in [3.05, 3.63) is 53.6 Å². The Morgan fingerprint density at radius 3 is 2.18 bits per heavy atom. The van der Waals surface area contributed by atoms with E-state index in [1.807, 2.05) is 13.8 Å². The lowest BCUT2D eigenvalue weighted by Crippen LogP contribution is -2.17. The van der Waals surface area contributed by atoms with Gasteiger partial charge in [-0.3, -0.25) is 4.79 Å². The van der Waals surface area contributed by atoms with Crippen molar-refractivity contribution in [3.63, 3.8) is 0 Å². The summed E-state index contributed by atoms with van der Waals surface area (Å²) in [5.41, 5.74) is 0.197. The summed E-state index contributed by atoms with van der Waals surface area (Å²) < 4.78 is 60.0. The zero-order valence-corrected chi connectivity index (χ0v) is 20.6. The molecule has 0 amide bonds. The highest BCUT2D eigenvalue weighted by Gasteiger charge is 2.26. The molecule has 0 spiro atoms. The van der Waals surface area contributed by atoms with E-state index in [1.54, 1.807) is 24.3 Å². The molecule has 8 nitrogen and oxygen atoms in total. The summed E-state index contributed by atoms with van der Waals surface area (Å²) >= 11 is 0. The van der Waals surface area contributed by atoms with Gasteiger partial charge >= 0.3 is 0 Å². The van der Waals surface area contributed by atoms with Crippen LogP contribution in [0.1, 0.15) is 42.6 Å². The maximum absolute atomic E-state index is 12.6. The molecule has 0 aliphatic carbocycles. The maximum atomic E-state index is 12.6. The Morgan fingerprint density at radius 2 is 1.64 bits per heavy atom. The third-order valence-electron chi connectivity index (χ3n) is 5.01. The summed E-state index contributed by atoms with van der Waals surface area (Å²) in [4.78, 5) is 16.9. The van der Waals surface area contributed by atoms with Crippen molar-refractivity contribution in [2.24, 2.45) is 4.99 Å². The largest absolute Gasteiger partial charge is 0.489 e. The number of Topliss-reactive ketones (excluding diaryl/α,β-unsaturated/α-hetero) is 1. The topological polar surface area (TPSA) is 116 Å². The van der Waals surface area contributed by atoms with Gasteiger partial charge in [-0.25, -0.2) is 21.8 Å². The van der Waals surface area contributed by atoms with Gasteiger partial charge in [0.05, 0.1) is 15.3 Å². The molecule has 0 unspecified atom stereocenters. The minimum atomic E-state index is -3.69. The molecule has 0 atom stereocenters. The van der Waals surface area contributed by atoms with Gasteiger partial charge in [0, 0.05) is 36.5 Å². The zero-order valence-electron chi connectivity index (χ0n) is 19.0. The molecule has 1 aliphatic heterocycles. The molecule has 0 aromatic heterocycles. The Bertz CT molecular complexity index is 1260. The van der Waals surface area contributed by atoms with E-state index in [0.29, 0.717) is 30.2 Å². The Balaban J connectivity index is 1.77. The Morgan fingerprint density at radius 1 is 1.03 bits per heavy atom. The molecule has 0 bridgehead atoms. The summed E-state index contributed by atoms with van der Waals surface area (Å²) in [6.45, 7) is 4.12. The quantitative estimate of drug-likeness (QED) is 0.492. The van der Waals surface area contributed by atoms with E-state index in [2.05, 4.69) is 4.99 Å². The second-order valence-electron chi connectivity index (χ2n) is 8.62. The number of ether oxygens (including phenoxy) is 2. The second-order valence-corrected chi connectivity index (χ2v) is 12.6. The minimum absolute atomic E-state index is 0.0539. The molecule has 2 aromatic rings. The highest BCUT2D eigenvalue weighted by molar-refractivity contribution is 7.91. The molecule has 33 heavy (non-hydrogen) atoms. The van der Waals surface area contributed by atoms with Crippen molar-refractivity contribution < 1.29 is 31.1 Å². The van der Waals surface area contributed by atoms with E-state index in [1.165, 1.54) is 18.2 Å². The third-order valence-corrected chi connectivity index (χ3v) is 7.38. The molecule has 178 valence electrons. The fourth-order valence-corrected chi connectivity index (χ4v) is 5.40. The average Bonchev–Trinajstić information content (AvgIpc) is 3.07. The van der Waals surface area contributed by atoms with Crippen LogP contribution in [-0.4, -0.2) is 53.2 Å². The van der Waals surface area contributed by atoms with Crippen LogP contribution in [0.15, 0.2) is 57.2 Å². The summed E-state index contributed by atoms with van der Waals surface area (Å²) in [6, 6.07) is 10.5. The van der Waals surface area contributed by atoms with Gasteiger partial charge < -0.3 is 9.47 Å². The summed E-state index contributed by atoms with van der Waals surface area (Å²) in [6.07, 6.45) is 2.63. The van der Waals surface area contributed by atoms with Gasteiger partial charge in [0.2, 0.25) is 0 Å². The van der Waals surface area contributed by atoms with Crippen molar-refractivity contribution in [2.45, 2.75) is 48.6 Å². The van der Waals surface area contributed by atoms with Crippen LogP contribution in [0.2, 0.25) is 0 Å². The molecular formula is C23H27NO7S2. The lowest BCUT2D eigenvalue weighted by molar-refractivity contribution is 0.0982. The van der Waals surface area contributed by atoms with Crippen molar-refractivity contribution in [1.29, 1.82) is 0 Å². The predicted molar refractivity (Wildman–Crippen MR) is 124 cm³/mol. The minimum Gasteiger partial charge on any atom is -0.489 e. The highest BCUT2D eigenvalue weighted by Crippen LogP contribution is 2.26. The number of carbonyl (C=O) groups excluding carboxylic acids is 1. The number of aliphatic imine (C=N–C) groups is 1. The van der Waals surface area contributed by atoms with Crippen molar-refractivity contribution in [3.8, 4) is 5.75 Å². The van der Waals surface area contributed by atoms with E-state index >= 15 is 0 Å². The zero-order chi connectivity index (χ0) is 24.4. The molecule has 0 saturated carbocycles. The summed E-state index contributed by atoms with van der Waals surface area (Å²) in [7, 11) is -7.38. The van der Waals surface area contributed by atoms with Gasteiger partial charge in [-0.1, -0.05) is 18.2 Å². The number of carbonyl (C=O) groups is 1. The van der Waals surface area contributed by atoms with Gasteiger partial charge in [-0.15, -0.1) is 0 Å². The lowest BCUT2D eigenvalue weighted by atomic mass is 10.1. The van der Waals surface area contributed by atoms with E-state index in [-0.39, 0.29) is 39.7 Å². The summed E-state index contributed by atoms with van der Waals surface area (Å²) in [5, 5.41) is 0. The highest BCUT2D eigenvalue weighted by atomic mass is 32.2. The fraction of sp³-hybridized carbons (Fsp3) is 0.391. The van der Waals surface area contributed by atoms with E-state index in [9.17, 15) is 21.6 Å². The standard InChI is InChI=1S/C23H27NO7S2/c1-23(2)15-31-22(24-23)12-11-19(25)16-7-5-8-17(13-16)30-14-18-20(32(3,26)27)9-6-10-21(18)33(4,28)29/h5-10,13H,11-12,14-15H2,1-4H3. The number of sulfone groups is 2. The molecule has 3 rings (SSSR count). The van der Waals surface area contributed by atoms with Crippen molar-refractivity contribution >= 4 is 31.4 Å². The SMILES string of the molecule is CC1(C)COC(CCC(=O)c2cccc(OCc3c(S(C)(=O)=O)cccc3S(C)(=O)=O)c2)=N1. The van der Waals surface area contributed by atoms with Crippen molar-refractivity contribution in [1.82, 2.24) is 0 Å². The van der Waals surface area contributed by atoms with Crippen LogP contribution in [0.5, 0.6) is 5.75 Å². The van der Waals surface area contributed by atoms with E-state index in [0.717, 1.165) is 12.5 Å². The van der Waals surface area contributed by atoms with E-state index < -0.39 is 19.7 Å². The molecule has 0 N–H and O–H groups in total. The first kappa shape index (κ1) is 24.9. The first-order chi connectivity index (χ1) is 15.3. The van der Waals surface area contributed by atoms with Crippen LogP contribution in [0.25, 0.3) is 0 Å². The van der Waals surface area contributed by atoms with Gasteiger partial charge in [0.25, 0.3) is 0 Å². The number of hydrogen-bond donors (Lipinski definition) is 0. The molecule has 0 radical (unpaired) electrons. The molecular weight excluding hydrogens is 466 g/mol. The maximum Gasteiger partial charge on any atom is 0.184 e. The van der Waals surface area contributed by atoms with Crippen LogP contribution in [0, 0.1) is 0 Å². The van der Waals surface area contributed by atoms with Crippen LogP contribution in [-0.2, 0) is 31.0 Å². The smallest absolute Gasteiger partial charge is 0.184 e. The second kappa shape index (κ2) is 9.26. The van der Waals surface area contributed by atoms with Crippen LogP contribution in [0.3, 0.4) is 0 Å². The number of rotatable bonds is 9. The van der Waals surface area contributed by atoms with Gasteiger partial charge in [0.1, 0.15) is 19.0 Å². The number of benzene rings is 2. The van der Waals surface area contributed by atoms with E-state index in [4.69, 9.17) is 9.47 Å². The molecule has 1 aliphatic rings. The van der Waals surface area contributed by atoms with Gasteiger partial charge in [0.15, 0.2) is 31.4 Å². The summed E-state index contributed by atoms with van der Waals surface area (Å²) in [5.74, 6) is 0.760. The van der Waals surface area contributed by atoms with Crippen LogP contribution < -0.4 is 4.74 Å². The number of ketones is 1. The van der Waals surface area contributed by atoms with Crippen LogP contribution >= 0.6 is 0 Å². The molecule has 10 heteroatoms. The Hall–Kier alpha value is -2.72. The van der Waals surface area contributed by atoms with Crippen LogP contribution in [0.4, 0.5) is 0 Å². The van der Waals surface area contributed by atoms with Crippen molar-refractivity contribution in [2.75, 3.05) is 19.1 Å². The Kier molecular flexibility index (Phi) is 6.99. The average molecular weight is 494 g/mol. The fourth-order valence-electron chi connectivity index (χ4n) is 3.45.